The number of rotatable bonds is 10. The molecule has 158 valence electrons. The van der Waals surface area contributed by atoms with Crippen LogP contribution >= 0.6 is 0 Å². The quantitative estimate of drug-likeness (QED) is 0.571. The summed E-state index contributed by atoms with van der Waals surface area (Å²) in [5.74, 6) is -0.765. The van der Waals surface area contributed by atoms with Gasteiger partial charge in [-0.3, -0.25) is 4.79 Å². The zero-order valence-electron chi connectivity index (χ0n) is 16.4. The molecule has 0 aliphatic carbocycles. The van der Waals surface area contributed by atoms with Gasteiger partial charge in [-0.2, -0.15) is 4.31 Å². The summed E-state index contributed by atoms with van der Waals surface area (Å²) >= 11 is 0. The van der Waals surface area contributed by atoms with Gasteiger partial charge in [-0.15, -0.1) is 0 Å². The topological polar surface area (TPSA) is 109 Å². The van der Waals surface area contributed by atoms with Gasteiger partial charge in [0.1, 0.15) is 0 Å². The van der Waals surface area contributed by atoms with E-state index in [9.17, 15) is 21.6 Å². The van der Waals surface area contributed by atoms with E-state index in [2.05, 4.69) is 0 Å². The molecule has 28 heavy (non-hydrogen) atoms. The highest BCUT2D eigenvalue weighted by molar-refractivity contribution is 7.92. The minimum absolute atomic E-state index is 0.00497. The maximum Gasteiger partial charge on any atom is 0.303 e. The zero-order valence-corrected chi connectivity index (χ0v) is 18.0. The molecule has 1 aliphatic heterocycles. The molecule has 1 heterocycles. The maximum atomic E-state index is 13.2. The molecule has 0 unspecified atom stereocenters. The van der Waals surface area contributed by atoms with Crippen LogP contribution in [0.4, 0.5) is 0 Å². The van der Waals surface area contributed by atoms with Crippen LogP contribution in [0.15, 0.2) is 29.2 Å². The lowest BCUT2D eigenvalue weighted by Gasteiger charge is -2.27. The van der Waals surface area contributed by atoms with E-state index in [1.54, 1.807) is 24.3 Å². The normalized spacial score (nSPS) is 19.4. The summed E-state index contributed by atoms with van der Waals surface area (Å²) in [6.07, 6.45) is 1.87. The van der Waals surface area contributed by atoms with Gasteiger partial charge >= 0.3 is 5.97 Å². The number of benzene rings is 1. The summed E-state index contributed by atoms with van der Waals surface area (Å²) in [6.45, 7) is 4.24. The Bertz CT molecular complexity index is 876. The molecule has 1 saturated heterocycles. The van der Waals surface area contributed by atoms with Gasteiger partial charge in [0.05, 0.1) is 16.4 Å². The molecule has 0 saturated carbocycles. The van der Waals surface area contributed by atoms with Crippen LogP contribution in [0.25, 0.3) is 0 Å². The van der Waals surface area contributed by atoms with Gasteiger partial charge in [-0.1, -0.05) is 32.4 Å². The van der Waals surface area contributed by atoms with Crippen LogP contribution in [0.3, 0.4) is 0 Å². The van der Waals surface area contributed by atoms with Crippen molar-refractivity contribution >= 4 is 25.8 Å². The fourth-order valence-electron chi connectivity index (χ4n) is 3.38. The molecule has 9 heteroatoms. The van der Waals surface area contributed by atoms with Gasteiger partial charge in [0.25, 0.3) is 0 Å². The summed E-state index contributed by atoms with van der Waals surface area (Å²) in [6, 6.07) is 6.15. The van der Waals surface area contributed by atoms with Crippen LogP contribution in [0.1, 0.15) is 57.4 Å². The monoisotopic (exact) mass is 431 g/mol. The van der Waals surface area contributed by atoms with E-state index in [-0.39, 0.29) is 35.3 Å². The summed E-state index contributed by atoms with van der Waals surface area (Å²) < 4.78 is 51.5. The van der Waals surface area contributed by atoms with Crippen molar-refractivity contribution in [3.63, 3.8) is 0 Å². The number of hydrogen-bond acceptors (Lipinski definition) is 5. The van der Waals surface area contributed by atoms with Gasteiger partial charge in [0.15, 0.2) is 9.84 Å². The van der Waals surface area contributed by atoms with Crippen molar-refractivity contribution in [2.75, 3.05) is 18.1 Å². The standard InChI is InChI=1S/C19H29NO6S2/c1-15(2)16-7-9-18(10-8-16)28(25,26)20(12-5-3-4-6-19(21)22)17-11-13-27(23,24)14-17/h7-10,15,17H,3-6,11-14H2,1-2H3,(H,21,22)/t17-/m1/s1. The number of hydrogen-bond donors (Lipinski definition) is 1. The number of carbonyl (C=O) groups is 1. The Balaban J connectivity index is 2.19. The van der Waals surface area contributed by atoms with Crippen LogP contribution < -0.4 is 0 Å². The Morgan fingerprint density at radius 2 is 1.82 bits per heavy atom. The molecular weight excluding hydrogens is 402 g/mol. The number of sulfone groups is 1. The summed E-state index contributed by atoms with van der Waals surface area (Å²) in [4.78, 5) is 10.8. The average molecular weight is 432 g/mol. The number of carboxylic acids is 1. The first-order valence-electron chi connectivity index (χ1n) is 9.57. The van der Waals surface area contributed by atoms with Gasteiger partial charge in [0.2, 0.25) is 10.0 Å². The van der Waals surface area contributed by atoms with Crippen molar-refractivity contribution in [1.82, 2.24) is 4.31 Å². The molecule has 0 amide bonds. The largest absolute Gasteiger partial charge is 0.481 e. The Labute approximate surface area is 167 Å². The number of aliphatic carboxylic acids is 1. The Kier molecular flexibility index (Phi) is 7.64. The molecule has 1 aromatic carbocycles. The Morgan fingerprint density at radius 3 is 2.32 bits per heavy atom. The molecule has 1 N–H and O–H groups in total. The molecule has 0 radical (unpaired) electrons. The summed E-state index contributed by atoms with van der Waals surface area (Å²) in [7, 11) is -7.06. The molecule has 0 spiro atoms. The number of sulfonamides is 1. The molecule has 0 aromatic heterocycles. The van der Waals surface area contributed by atoms with Crippen LogP contribution in [0, 0.1) is 0 Å². The second kappa shape index (κ2) is 9.37. The second-order valence-electron chi connectivity index (χ2n) is 7.60. The van der Waals surface area contributed by atoms with Crippen LogP contribution in [0.2, 0.25) is 0 Å². The van der Waals surface area contributed by atoms with E-state index in [1.807, 2.05) is 13.8 Å². The molecule has 2 rings (SSSR count). The van der Waals surface area contributed by atoms with Gasteiger partial charge in [0, 0.05) is 19.0 Å². The highest BCUT2D eigenvalue weighted by Crippen LogP contribution is 2.27. The Hall–Kier alpha value is -1.45. The molecule has 7 nitrogen and oxygen atoms in total. The van der Waals surface area contributed by atoms with Crippen molar-refractivity contribution < 1.29 is 26.7 Å². The number of unbranched alkanes of at least 4 members (excludes halogenated alkanes) is 2. The predicted molar refractivity (Wildman–Crippen MR) is 108 cm³/mol. The smallest absolute Gasteiger partial charge is 0.303 e. The highest BCUT2D eigenvalue weighted by atomic mass is 32.2. The Morgan fingerprint density at radius 1 is 1.18 bits per heavy atom. The first kappa shape index (κ1) is 22.8. The minimum atomic E-state index is -3.83. The summed E-state index contributed by atoms with van der Waals surface area (Å²) in [5.41, 5.74) is 1.03. The van der Waals surface area contributed by atoms with E-state index in [4.69, 9.17) is 5.11 Å². The maximum absolute atomic E-state index is 13.2. The number of carboxylic acid groups (broad SMARTS) is 1. The van der Waals surface area contributed by atoms with Crippen molar-refractivity contribution in [3.8, 4) is 0 Å². The lowest BCUT2D eigenvalue weighted by atomic mass is 10.0. The minimum Gasteiger partial charge on any atom is -0.481 e. The molecule has 0 bridgehead atoms. The van der Waals surface area contributed by atoms with Crippen LogP contribution in [-0.4, -0.2) is 56.3 Å². The fourth-order valence-corrected chi connectivity index (χ4v) is 6.90. The molecule has 1 aliphatic rings. The van der Waals surface area contributed by atoms with E-state index in [1.165, 1.54) is 4.31 Å². The number of nitrogens with zero attached hydrogens (tertiary/aromatic N) is 1. The second-order valence-corrected chi connectivity index (χ2v) is 11.7. The van der Waals surface area contributed by atoms with Crippen molar-refractivity contribution in [2.24, 2.45) is 0 Å². The third-order valence-electron chi connectivity index (χ3n) is 5.04. The molecule has 1 fully saturated rings. The summed E-state index contributed by atoms with van der Waals surface area (Å²) in [5, 5.41) is 8.72. The first-order chi connectivity index (χ1) is 13.0. The van der Waals surface area contributed by atoms with Gasteiger partial charge in [-0.25, -0.2) is 16.8 Å². The van der Waals surface area contributed by atoms with Crippen LogP contribution in [0.5, 0.6) is 0 Å². The molecular formula is C19H29NO6S2. The third kappa shape index (κ3) is 6.02. The van der Waals surface area contributed by atoms with E-state index >= 15 is 0 Å². The van der Waals surface area contributed by atoms with Crippen molar-refractivity contribution in [3.05, 3.63) is 29.8 Å². The van der Waals surface area contributed by atoms with Crippen molar-refractivity contribution in [2.45, 2.75) is 62.8 Å². The van der Waals surface area contributed by atoms with Gasteiger partial charge in [-0.05, 0) is 42.9 Å². The molecule has 1 aromatic rings. The lowest BCUT2D eigenvalue weighted by molar-refractivity contribution is -0.137. The van der Waals surface area contributed by atoms with E-state index < -0.39 is 31.9 Å². The lowest BCUT2D eigenvalue weighted by Crippen LogP contribution is -2.41. The van der Waals surface area contributed by atoms with Crippen molar-refractivity contribution in [1.29, 1.82) is 0 Å². The average Bonchev–Trinajstić information content (AvgIpc) is 2.97. The van der Waals surface area contributed by atoms with E-state index in [0.717, 1.165) is 5.56 Å². The zero-order chi connectivity index (χ0) is 20.9. The third-order valence-corrected chi connectivity index (χ3v) is 8.75. The van der Waals surface area contributed by atoms with E-state index in [0.29, 0.717) is 25.7 Å². The van der Waals surface area contributed by atoms with Crippen LogP contribution in [-0.2, 0) is 24.7 Å². The first-order valence-corrected chi connectivity index (χ1v) is 12.8. The van der Waals surface area contributed by atoms with Gasteiger partial charge < -0.3 is 5.11 Å². The highest BCUT2D eigenvalue weighted by Gasteiger charge is 2.38. The SMILES string of the molecule is CC(C)c1ccc(S(=O)(=O)N(CCCCCC(=O)O)[C@@H]2CCS(=O)(=O)C2)cc1. The predicted octanol–water partition coefficient (Wildman–Crippen LogP) is 2.63. The molecule has 1 atom stereocenters. The fraction of sp³-hybridized carbons (Fsp3) is 0.632.